The van der Waals surface area contributed by atoms with Crippen molar-refractivity contribution in [1.29, 1.82) is 0 Å². The number of hydrogen-bond acceptors (Lipinski definition) is 4. The highest BCUT2D eigenvalue weighted by atomic mass is 19.1. The maximum absolute atomic E-state index is 12.9. The van der Waals surface area contributed by atoms with Gasteiger partial charge in [-0.3, -0.25) is 9.69 Å². The fourth-order valence-corrected chi connectivity index (χ4v) is 2.29. The molecular formula is C18H25FN4O2. The number of likely N-dealkylation sites (N-methyl/N-ethyl adjacent to an activating group) is 1. The highest BCUT2D eigenvalue weighted by Gasteiger charge is 2.19. The molecule has 0 aliphatic heterocycles. The second-order valence-corrected chi connectivity index (χ2v) is 6.20. The van der Waals surface area contributed by atoms with Crippen LogP contribution in [0.3, 0.4) is 0 Å². The molecule has 0 aliphatic carbocycles. The Kier molecular flexibility index (Phi) is 6.52. The zero-order valence-electron chi connectivity index (χ0n) is 15.1. The van der Waals surface area contributed by atoms with Crippen molar-refractivity contribution < 1.29 is 13.9 Å². The number of aromatic nitrogens is 2. The molecule has 0 aliphatic rings. The number of benzene rings is 1. The third kappa shape index (κ3) is 5.29. The van der Waals surface area contributed by atoms with Gasteiger partial charge >= 0.3 is 0 Å². The van der Waals surface area contributed by atoms with Crippen LogP contribution in [-0.4, -0.2) is 46.8 Å². The monoisotopic (exact) mass is 348 g/mol. The fourth-order valence-electron chi connectivity index (χ4n) is 2.29. The summed E-state index contributed by atoms with van der Waals surface area (Å²) in [5.74, 6) is 0.887. The Morgan fingerprint density at radius 2 is 1.96 bits per heavy atom. The Bertz CT molecular complexity index is 685. The number of amides is 1. The number of hydrogen-bond donors (Lipinski definition) is 1. The number of rotatable bonds is 8. The molecule has 0 fully saturated rings. The van der Waals surface area contributed by atoms with Crippen molar-refractivity contribution in [2.75, 3.05) is 25.5 Å². The molecule has 0 spiro atoms. The first-order valence-corrected chi connectivity index (χ1v) is 8.31. The maximum atomic E-state index is 12.9. The largest absolute Gasteiger partial charge is 0.492 e. The Balaban J connectivity index is 1.82. The van der Waals surface area contributed by atoms with E-state index < -0.39 is 0 Å². The Labute approximate surface area is 147 Å². The van der Waals surface area contributed by atoms with E-state index in [-0.39, 0.29) is 23.8 Å². The van der Waals surface area contributed by atoms with E-state index in [4.69, 9.17) is 4.74 Å². The molecule has 0 bridgehead atoms. The topological polar surface area (TPSA) is 59.4 Å². The van der Waals surface area contributed by atoms with Gasteiger partial charge in [0.2, 0.25) is 5.91 Å². The van der Waals surface area contributed by atoms with Crippen molar-refractivity contribution in [3.63, 3.8) is 0 Å². The Hall–Kier alpha value is -2.41. The summed E-state index contributed by atoms with van der Waals surface area (Å²) in [6, 6.07) is 7.49. The van der Waals surface area contributed by atoms with Crippen LogP contribution in [0.2, 0.25) is 0 Å². The first kappa shape index (κ1) is 18.9. The minimum absolute atomic E-state index is 0.105. The van der Waals surface area contributed by atoms with Gasteiger partial charge in [-0.2, -0.15) is 5.10 Å². The van der Waals surface area contributed by atoms with E-state index in [0.29, 0.717) is 24.7 Å². The van der Waals surface area contributed by atoms with Crippen LogP contribution >= 0.6 is 0 Å². The third-order valence-corrected chi connectivity index (χ3v) is 3.98. The van der Waals surface area contributed by atoms with E-state index >= 15 is 0 Å². The van der Waals surface area contributed by atoms with Crippen molar-refractivity contribution in [2.45, 2.75) is 32.9 Å². The summed E-state index contributed by atoms with van der Waals surface area (Å²) < 4.78 is 20.2. The molecule has 0 saturated heterocycles. The summed E-state index contributed by atoms with van der Waals surface area (Å²) in [6.07, 6.45) is 1.67. The predicted octanol–water partition coefficient (Wildman–Crippen LogP) is 2.94. The summed E-state index contributed by atoms with van der Waals surface area (Å²) in [6.45, 7) is 6.82. The molecule has 1 aromatic heterocycles. The minimum atomic E-state index is -0.327. The zero-order chi connectivity index (χ0) is 18.4. The fraction of sp³-hybridized carbons (Fsp3) is 0.444. The summed E-state index contributed by atoms with van der Waals surface area (Å²) >= 11 is 0. The van der Waals surface area contributed by atoms with Gasteiger partial charge in [-0.25, -0.2) is 9.07 Å². The molecule has 136 valence electrons. The van der Waals surface area contributed by atoms with Crippen molar-refractivity contribution in [3.05, 3.63) is 42.3 Å². The smallest absolute Gasteiger partial charge is 0.242 e. The van der Waals surface area contributed by atoms with Crippen LogP contribution < -0.4 is 10.1 Å². The number of nitrogens with zero attached hydrogens (tertiary/aromatic N) is 3. The molecule has 2 rings (SSSR count). The Morgan fingerprint density at radius 1 is 1.28 bits per heavy atom. The zero-order valence-corrected chi connectivity index (χ0v) is 15.1. The number of nitrogens with one attached hydrogen (secondary N) is 1. The average Bonchev–Trinajstić information content (AvgIpc) is 3.04. The molecule has 25 heavy (non-hydrogen) atoms. The molecule has 0 unspecified atom stereocenters. The van der Waals surface area contributed by atoms with Gasteiger partial charge in [0.1, 0.15) is 24.0 Å². The van der Waals surface area contributed by atoms with E-state index in [2.05, 4.69) is 10.4 Å². The summed E-state index contributed by atoms with van der Waals surface area (Å²) in [4.78, 5) is 14.3. The first-order valence-electron chi connectivity index (χ1n) is 8.31. The number of ether oxygens (including phenoxy) is 1. The normalized spacial score (nSPS) is 12.4. The highest BCUT2D eigenvalue weighted by Crippen LogP contribution is 2.14. The SMILES string of the molecule is CC(C)n1nccc1NC(=O)[C@@H](C)N(C)CCOc1ccc(F)cc1. The van der Waals surface area contributed by atoms with Crippen molar-refractivity contribution in [2.24, 2.45) is 0 Å². The summed E-state index contributed by atoms with van der Waals surface area (Å²) in [5.41, 5.74) is 0. The van der Waals surface area contributed by atoms with Gasteiger partial charge in [-0.1, -0.05) is 0 Å². The van der Waals surface area contributed by atoms with Crippen LogP contribution in [0, 0.1) is 5.82 Å². The molecule has 1 atom stereocenters. The van der Waals surface area contributed by atoms with Crippen molar-refractivity contribution in [1.82, 2.24) is 14.7 Å². The first-order chi connectivity index (χ1) is 11.9. The van der Waals surface area contributed by atoms with Gasteiger partial charge in [0.25, 0.3) is 0 Å². The number of anilines is 1. The average molecular weight is 348 g/mol. The van der Waals surface area contributed by atoms with Crippen LogP contribution in [0.1, 0.15) is 26.8 Å². The van der Waals surface area contributed by atoms with E-state index in [1.165, 1.54) is 12.1 Å². The molecule has 0 radical (unpaired) electrons. The number of carbonyl (C=O) groups is 1. The quantitative estimate of drug-likeness (QED) is 0.797. The predicted molar refractivity (Wildman–Crippen MR) is 95.2 cm³/mol. The van der Waals surface area contributed by atoms with E-state index in [0.717, 1.165) is 0 Å². The third-order valence-electron chi connectivity index (χ3n) is 3.98. The molecule has 1 amide bonds. The minimum Gasteiger partial charge on any atom is -0.492 e. The van der Waals surface area contributed by atoms with E-state index in [9.17, 15) is 9.18 Å². The van der Waals surface area contributed by atoms with Gasteiger partial charge in [-0.05, 0) is 52.1 Å². The van der Waals surface area contributed by atoms with Crippen LogP contribution in [0.5, 0.6) is 5.75 Å². The van der Waals surface area contributed by atoms with Gasteiger partial charge < -0.3 is 10.1 Å². The van der Waals surface area contributed by atoms with Crippen LogP contribution in [0.25, 0.3) is 0 Å². The number of carbonyl (C=O) groups excluding carboxylic acids is 1. The standard InChI is InChI=1S/C18H25FN4O2/c1-13(2)23-17(9-10-20-23)21-18(24)14(3)22(4)11-12-25-16-7-5-15(19)6-8-16/h5-10,13-14H,11-12H2,1-4H3,(H,21,24)/t14-/m1/s1. The molecule has 1 N–H and O–H groups in total. The molecule has 6 nitrogen and oxygen atoms in total. The number of halogens is 1. The second kappa shape index (κ2) is 8.62. The molecule has 1 heterocycles. The Morgan fingerprint density at radius 3 is 2.60 bits per heavy atom. The van der Waals surface area contributed by atoms with Gasteiger partial charge in [0.15, 0.2) is 0 Å². The highest BCUT2D eigenvalue weighted by molar-refractivity contribution is 5.93. The molecule has 2 aromatic rings. The molecule has 0 saturated carbocycles. The van der Waals surface area contributed by atoms with Crippen LogP contribution in [-0.2, 0) is 4.79 Å². The molecular weight excluding hydrogens is 323 g/mol. The maximum Gasteiger partial charge on any atom is 0.242 e. The van der Waals surface area contributed by atoms with Gasteiger partial charge in [-0.15, -0.1) is 0 Å². The van der Waals surface area contributed by atoms with Gasteiger partial charge in [0.05, 0.1) is 12.2 Å². The lowest BCUT2D eigenvalue weighted by Crippen LogP contribution is -2.41. The van der Waals surface area contributed by atoms with Crippen molar-refractivity contribution >= 4 is 11.7 Å². The van der Waals surface area contributed by atoms with Crippen molar-refractivity contribution in [3.8, 4) is 5.75 Å². The van der Waals surface area contributed by atoms with Crippen LogP contribution in [0.4, 0.5) is 10.2 Å². The lowest BCUT2D eigenvalue weighted by molar-refractivity contribution is -0.120. The second-order valence-electron chi connectivity index (χ2n) is 6.20. The van der Waals surface area contributed by atoms with E-state index in [1.54, 1.807) is 29.1 Å². The van der Waals surface area contributed by atoms with Gasteiger partial charge in [0, 0.05) is 18.7 Å². The molecule has 1 aromatic carbocycles. The summed E-state index contributed by atoms with van der Waals surface area (Å²) in [5, 5.41) is 7.11. The van der Waals surface area contributed by atoms with Crippen LogP contribution in [0.15, 0.2) is 36.5 Å². The molecule has 7 heteroatoms. The lowest BCUT2D eigenvalue weighted by Gasteiger charge is -2.24. The lowest BCUT2D eigenvalue weighted by atomic mass is 10.2. The van der Waals surface area contributed by atoms with E-state index in [1.807, 2.05) is 32.7 Å². The summed E-state index contributed by atoms with van der Waals surface area (Å²) in [7, 11) is 1.86.